The molecule has 0 aliphatic carbocycles. The van der Waals surface area contributed by atoms with Crippen LogP contribution in [0, 0.1) is 6.92 Å². The van der Waals surface area contributed by atoms with Gasteiger partial charge in [-0.2, -0.15) is 4.31 Å². The number of rotatable bonds is 4. The Labute approximate surface area is 147 Å². The van der Waals surface area contributed by atoms with Gasteiger partial charge in [-0.3, -0.25) is 0 Å². The van der Waals surface area contributed by atoms with Crippen LogP contribution in [0.25, 0.3) is 11.0 Å². The van der Waals surface area contributed by atoms with Crippen molar-refractivity contribution in [2.75, 3.05) is 26.2 Å². The van der Waals surface area contributed by atoms with E-state index in [1.807, 2.05) is 6.92 Å². The van der Waals surface area contributed by atoms with Crippen LogP contribution in [-0.4, -0.2) is 51.0 Å². The summed E-state index contributed by atoms with van der Waals surface area (Å²) in [7, 11) is -3.61. The molecule has 0 spiro atoms. The minimum atomic E-state index is -3.61. The molecule has 1 saturated heterocycles. The second kappa shape index (κ2) is 6.78. The van der Waals surface area contributed by atoms with Crippen LogP contribution in [0.2, 0.25) is 0 Å². The van der Waals surface area contributed by atoms with Gasteiger partial charge in [0, 0.05) is 36.6 Å². The van der Waals surface area contributed by atoms with Crippen molar-refractivity contribution in [3.63, 3.8) is 0 Å². The molecular formula is C17H22N2O5S. The van der Waals surface area contributed by atoms with Gasteiger partial charge >= 0.3 is 5.97 Å². The Morgan fingerprint density at radius 1 is 1.44 bits per heavy atom. The first-order valence-electron chi connectivity index (χ1n) is 8.29. The molecule has 1 aliphatic heterocycles. The van der Waals surface area contributed by atoms with E-state index in [1.165, 1.54) is 10.4 Å². The predicted molar refractivity (Wildman–Crippen MR) is 93.1 cm³/mol. The zero-order valence-electron chi connectivity index (χ0n) is 14.5. The van der Waals surface area contributed by atoms with E-state index in [9.17, 15) is 13.2 Å². The Bertz CT molecular complexity index is 903. The molecule has 1 fully saturated rings. The molecule has 136 valence electrons. The zero-order chi connectivity index (χ0) is 18.2. The molecule has 3 rings (SSSR count). The van der Waals surface area contributed by atoms with Gasteiger partial charge in [0.1, 0.15) is 5.58 Å². The van der Waals surface area contributed by atoms with E-state index in [0.717, 1.165) is 0 Å². The van der Waals surface area contributed by atoms with Crippen LogP contribution in [0.5, 0.6) is 0 Å². The summed E-state index contributed by atoms with van der Waals surface area (Å²) in [4.78, 5) is 12.2. The molecule has 1 N–H and O–H groups in total. The average Bonchev–Trinajstić information content (AvgIpc) is 2.92. The largest absolute Gasteiger partial charge is 0.460 e. The number of furan rings is 1. The van der Waals surface area contributed by atoms with Gasteiger partial charge in [0.2, 0.25) is 15.8 Å². The first-order chi connectivity index (χ1) is 11.9. The number of piperazine rings is 1. The normalized spacial score (nSPS) is 19.2. The molecule has 8 heteroatoms. The SMILES string of the molecule is CCOC(=O)c1oc2ccc(S(=O)(=O)N3CCNC[C@@H]3C)cc2c1C. The molecular weight excluding hydrogens is 344 g/mol. The molecule has 1 atom stereocenters. The maximum atomic E-state index is 13.0. The highest BCUT2D eigenvalue weighted by Gasteiger charge is 2.31. The van der Waals surface area contributed by atoms with Crippen LogP contribution in [0.3, 0.4) is 0 Å². The predicted octanol–water partition coefficient (Wildman–Crippen LogP) is 1.90. The summed E-state index contributed by atoms with van der Waals surface area (Å²) in [5, 5.41) is 3.79. The minimum Gasteiger partial charge on any atom is -0.460 e. The fourth-order valence-corrected chi connectivity index (χ4v) is 4.72. The highest BCUT2D eigenvalue weighted by Crippen LogP contribution is 2.30. The Kier molecular flexibility index (Phi) is 4.86. The first kappa shape index (κ1) is 17.9. The molecule has 1 aromatic heterocycles. The highest BCUT2D eigenvalue weighted by atomic mass is 32.2. The first-order valence-corrected chi connectivity index (χ1v) is 9.73. The number of hydrogen-bond donors (Lipinski definition) is 1. The third kappa shape index (κ3) is 3.17. The number of ether oxygens (including phenoxy) is 1. The molecule has 2 heterocycles. The number of aryl methyl sites for hydroxylation is 1. The quantitative estimate of drug-likeness (QED) is 0.832. The summed E-state index contributed by atoms with van der Waals surface area (Å²) in [5.41, 5.74) is 1.05. The van der Waals surface area contributed by atoms with E-state index in [-0.39, 0.29) is 23.3 Å². The second-order valence-corrected chi connectivity index (χ2v) is 7.99. The number of nitrogens with zero attached hydrogens (tertiary/aromatic N) is 1. The van der Waals surface area contributed by atoms with Crippen LogP contribution in [0.4, 0.5) is 0 Å². The molecule has 0 bridgehead atoms. The third-order valence-corrected chi connectivity index (χ3v) is 6.42. The van der Waals surface area contributed by atoms with Crippen molar-refractivity contribution in [3.05, 3.63) is 29.5 Å². The molecule has 0 amide bonds. The van der Waals surface area contributed by atoms with Crippen LogP contribution >= 0.6 is 0 Å². The second-order valence-electron chi connectivity index (χ2n) is 6.10. The van der Waals surface area contributed by atoms with Crippen LogP contribution in [0.1, 0.15) is 30.0 Å². The van der Waals surface area contributed by atoms with E-state index in [1.54, 1.807) is 26.0 Å². The number of nitrogens with one attached hydrogen (secondary N) is 1. The number of carbonyl (C=O) groups is 1. The molecule has 1 aliphatic rings. The maximum absolute atomic E-state index is 13.0. The number of fused-ring (bicyclic) bond motifs is 1. The van der Waals surface area contributed by atoms with Crippen molar-refractivity contribution in [2.24, 2.45) is 0 Å². The minimum absolute atomic E-state index is 0.113. The molecule has 1 aromatic carbocycles. The Balaban J connectivity index is 2.03. The number of benzene rings is 1. The number of hydrogen-bond acceptors (Lipinski definition) is 6. The van der Waals surface area contributed by atoms with Crippen LogP contribution < -0.4 is 5.32 Å². The number of esters is 1. The van der Waals surface area contributed by atoms with Crippen molar-refractivity contribution in [1.29, 1.82) is 0 Å². The van der Waals surface area contributed by atoms with E-state index < -0.39 is 16.0 Å². The van der Waals surface area contributed by atoms with Crippen molar-refractivity contribution < 1.29 is 22.4 Å². The number of sulfonamides is 1. The third-order valence-electron chi connectivity index (χ3n) is 4.42. The van der Waals surface area contributed by atoms with Crippen molar-refractivity contribution in [1.82, 2.24) is 9.62 Å². The Morgan fingerprint density at radius 2 is 2.20 bits per heavy atom. The summed E-state index contributed by atoms with van der Waals surface area (Å²) in [6.07, 6.45) is 0. The van der Waals surface area contributed by atoms with Crippen molar-refractivity contribution >= 4 is 27.0 Å². The standard InChI is InChI=1S/C17H22N2O5S/c1-4-23-17(20)16-12(3)14-9-13(5-6-15(14)24-16)25(21,22)19-8-7-18-10-11(19)2/h5-6,9,11,18H,4,7-8,10H2,1-3H3/t11-/m0/s1. The Hall–Kier alpha value is -1.90. The van der Waals surface area contributed by atoms with Gasteiger partial charge in [-0.25, -0.2) is 13.2 Å². The van der Waals surface area contributed by atoms with Crippen molar-refractivity contribution in [3.8, 4) is 0 Å². The van der Waals surface area contributed by atoms with E-state index in [4.69, 9.17) is 9.15 Å². The zero-order valence-corrected chi connectivity index (χ0v) is 15.4. The molecule has 25 heavy (non-hydrogen) atoms. The number of carbonyl (C=O) groups excluding carboxylic acids is 1. The molecule has 0 unspecified atom stereocenters. The maximum Gasteiger partial charge on any atom is 0.374 e. The molecule has 7 nitrogen and oxygen atoms in total. The Morgan fingerprint density at radius 3 is 2.88 bits per heavy atom. The van der Waals surface area contributed by atoms with Crippen LogP contribution in [0.15, 0.2) is 27.5 Å². The molecule has 0 saturated carbocycles. The van der Waals surface area contributed by atoms with Crippen LogP contribution in [-0.2, 0) is 14.8 Å². The summed E-state index contributed by atoms with van der Waals surface area (Å²) < 4.78 is 38.0. The van der Waals surface area contributed by atoms with E-state index in [0.29, 0.717) is 36.2 Å². The lowest BCUT2D eigenvalue weighted by atomic mass is 10.1. The summed E-state index contributed by atoms with van der Waals surface area (Å²) >= 11 is 0. The van der Waals surface area contributed by atoms with E-state index in [2.05, 4.69) is 5.32 Å². The lowest BCUT2D eigenvalue weighted by molar-refractivity contribution is 0.0491. The average molecular weight is 366 g/mol. The smallest absolute Gasteiger partial charge is 0.374 e. The van der Waals surface area contributed by atoms with Gasteiger partial charge in [-0.15, -0.1) is 0 Å². The fraction of sp³-hybridized carbons (Fsp3) is 0.471. The fourth-order valence-electron chi connectivity index (χ4n) is 3.07. The van der Waals surface area contributed by atoms with E-state index >= 15 is 0 Å². The van der Waals surface area contributed by atoms with Gasteiger partial charge in [0.15, 0.2) is 0 Å². The summed E-state index contributed by atoms with van der Waals surface area (Å²) in [6, 6.07) is 4.56. The molecule has 2 aromatic rings. The van der Waals surface area contributed by atoms with Gasteiger partial charge < -0.3 is 14.5 Å². The van der Waals surface area contributed by atoms with Gasteiger partial charge in [-0.1, -0.05) is 0 Å². The lowest BCUT2D eigenvalue weighted by Gasteiger charge is -2.32. The van der Waals surface area contributed by atoms with Gasteiger partial charge in [-0.05, 0) is 39.0 Å². The lowest BCUT2D eigenvalue weighted by Crippen LogP contribution is -2.52. The topological polar surface area (TPSA) is 88.8 Å². The summed E-state index contributed by atoms with van der Waals surface area (Å²) in [6.45, 7) is 7.25. The highest BCUT2D eigenvalue weighted by molar-refractivity contribution is 7.89. The van der Waals surface area contributed by atoms with Gasteiger partial charge in [0.25, 0.3) is 0 Å². The monoisotopic (exact) mass is 366 g/mol. The summed E-state index contributed by atoms with van der Waals surface area (Å²) in [5.74, 6) is -0.432. The van der Waals surface area contributed by atoms with Gasteiger partial charge in [0.05, 0.1) is 11.5 Å². The van der Waals surface area contributed by atoms with Crippen molar-refractivity contribution in [2.45, 2.75) is 31.7 Å². The molecule has 0 radical (unpaired) electrons.